The summed E-state index contributed by atoms with van der Waals surface area (Å²) in [6.07, 6.45) is 2.17. The van der Waals surface area contributed by atoms with Gasteiger partial charge in [-0.05, 0) is 47.9 Å². The van der Waals surface area contributed by atoms with Crippen molar-refractivity contribution >= 4 is 18.0 Å². The van der Waals surface area contributed by atoms with E-state index in [2.05, 4.69) is 34.9 Å². The molecule has 1 saturated carbocycles. The van der Waals surface area contributed by atoms with Gasteiger partial charge in [-0.1, -0.05) is 61.9 Å². The average molecular weight is 451 g/mol. The van der Waals surface area contributed by atoms with Crippen LogP contribution in [0.2, 0.25) is 0 Å². The summed E-state index contributed by atoms with van der Waals surface area (Å²) in [7, 11) is 0. The van der Waals surface area contributed by atoms with Crippen molar-refractivity contribution in [3.8, 4) is 11.1 Å². The number of alkyl carbamates (subject to hydrolysis) is 1. The predicted molar refractivity (Wildman–Crippen MR) is 124 cm³/mol. The van der Waals surface area contributed by atoms with Gasteiger partial charge in [0, 0.05) is 12.0 Å². The lowest BCUT2D eigenvalue weighted by molar-refractivity contribution is -0.141. The van der Waals surface area contributed by atoms with E-state index in [1.807, 2.05) is 31.2 Å². The second-order valence-electron chi connectivity index (χ2n) is 8.86. The monoisotopic (exact) mass is 450 g/mol. The van der Waals surface area contributed by atoms with Crippen molar-refractivity contribution in [1.29, 1.82) is 0 Å². The molecule has 2 amide bonds. The zero-order valence-corrected chi connectivity index (χ0v) is 18.8. The molecule has 7 nitrogen and oxygen atoms in total. The Hall–Kier alpha value is -3.35. The van der Waals surface area contributed by atoms with Crippen molar-refractivity contribution in [2.24, 2.45) is 5.92 Å². The largest absolute Gasteiger partial charge is 0.481 e. The second kappa shape index (κ2) is 10.1. The number of carboxylic acid groups (broad SMARTS) is 1. The first-order valence-electron chi connectivity index (χ1n) is 11.6. The zero-order chi connectivity index (χ0) is 23.4. The van der Waals surface area contributed by atoms with Gasteiger partial charge in [0.25, 0.3) is 0 Å². The highest BCUT2D eigenvalue weighted by molar-refractivity contribution is 5.86. The van der Waals surface area contributed by atoms with Gasteiger partial charge in [0.15, 0.2) is 0 Å². The molecule has 0 saturated heterocycles. The van der Waals surface area contributed by atoms with Crippen LogP contribution in [-0.2, 0) is 14.3 Å². The van der Waals surface area contributed by atoms with Crippen LogP contribution in [0.5, 0.6) is 0 Å². The van der Waals surface area contributed by atoms with Gasteiger partial charge in [-0.25, -0.2) is 4.79 Å². The van der Waals surface area contributed by atoms with Crippen LogP contribution in [-0.4, -0.2) is 41.8 Å². The van der Waals surface area contributed by atoms with Crippen molar-refractivity contribution in [3.63, 3.8) is 0 Å². The van der Waals surface area contributed by atoms with Crippen LogP contribution in [0, 0.1) is 5.92 Å². The number of carbonyl (C=O) groups excluding carboxylic acids is 2. The van der Waals surface area contributed by atoms with E-state index < -0.39 is 24.0 Å². The minimum atomic E-state index is -0.825. The topological polar surface area (TPSA) is 105 Å². The van der Waals surface area contributed by atoms with E-state index >= 15 is 0 Å². The first-order valence-corrected chi connectivity index (χ1v) is 11.6. The Balaban J connectivity index is 1.35. The van der Waals surface area contributed by atoms with Gasteiger partial charge >= 0.3 is 12.1 Å². The van der Waals surface area contributed by atoms with Crippen molar-refractivity contribution < 1.29 is 24.2 Å². The number of nitrogens with one attached hydrogen (secondary N) is 2. The van der Waals surface area contributed by atoms with E-state index in [1.54, 1.807) is 0 Å². The fourth-order valence-electron chi connectivity index (χ4n) is 4.98. The van der Waals surface area contributed by atoms with Gasteiger partial charge in [-0.15, -0.1) is 0 Å². The van der Waals surface area contributed by atoms with Crippen LogP contribution in [0.15, 0.2) is 48.5 Å². The van der Waals surface area contributed by atoms with Crippen LogP contribution in [0.1, 0.15) is 56.1 Å². The fourth-order valence-corrected chi connectivity index (χ4v) is 4.98. The first-order chi connectivity index (χ1) is 16.0. The normalized spacial score (nSPS) is 19.9. The molecule has 1 fully saturated rings. The summed E-state index contributed by atoms with van der Waals surface area (Å²) < 4.78 is 5.58. The van der Waals surface area contributed by atoms with Crippen LogP contribution in [0.4, 0.5) is 4.79 Å². The first kappa shape index (κ1) is 22.8. The molecule has 2 aromatic carbocycles. The molecular weight excluding hydrogens is 420 g/mol. The molecule has 0 spiro atoms. The number of carbonyl (C=O) groups is 3. The minimum Gasteiger partial charge on any atom is -0.481 e. The van der Waals surface area contributed by atoms with Crippen molar-refractivity contribution in [2.75, 3.05) is 6.61 Å². The van der Waals surface area contributed by atoms with Gasteiger partial charge in [-0.2, -0.15) is 0 Å². The third-order valence-electron chi connectivity index (χ3n) is 6.66. The van der Waals surface area contributed by atoms with Gasteiger partial charge in [0.1, 0.15) is 12.6 Å². The molecule has 0 radical (unpaired) electrons. The number of carboxylic acids is 1. The molecule has 174 valence electrons. The van der Waals surface area contributed by atoms with Gasteiger partial charge in [-0.3, -0.25) is 9.59 Å². The molecule has 0 aromatic heterocycles. The number of benzene rings is 2. The Morgan fingerprint density at radius 2 is 1.67 bits per heavy atom. The molecule has 0 bridgehead atoms. The predicted octanol–water partition coefficient (Wildman–Crippen LogP) is 4.06. The molecule has 0 aliphatic heterocycles. The SMILES string of the molecule is CCCC(NC(=O)OCC1c2ccccc2-c2ccccc21)C(=O)N[C@H]1CC[C@@H](C(=O)O)C1. The molecule has 3 atom stereocenters. The summed E-state index contributed by atoms with van der Waals surface area (Å²) in [5.41, 5.74) is 4.57. The lowest BCUT2D eigenvalue weighted by Gasteiger charge is -2.21. The van der Waals surface area contributed by atoms with Crippen molar-refractivity contribution in [3.05, 3.63) is 59.7 Å². The third-order valence-corrected chi connectivity index (χ3v) is 6.66. The number of rotatable bonds is 8. The lowest BCUT2D eigenvalue weighted by Crippen LogP contribution is -2.49. The third kappa shape index (κ3) is 5.02. The van der Waals surface area contributed by atoms with E-state index in [4.69, 9.17) is 9.84 Å². The maximum Gasteiger partial charge on any atom is 0.407 e. The summed E-state index contributed by atoms with van der Waals surface area (Å²) in [5, 5.41) is 14.8. The molecule has 33 heavy (non-hydrogen) atoms. The number of hydrogen-bond acceptors (Lipinski definition) is 4. The molecule has 2 aliphatic rings. The smallest absolute Gasteiger partial charge is 0.407 e. The summed E-state index contributed by atoms with van der Waals surface area (Å²) >= 11 is 0. The highest BCUT2D eigenvalue weighted by Crippen LogP contribution is 2.44. The standard InChI is InChI=1S/C26H30N2O5/c1-2-7-23(24(29)27-17-13-12-16(14-17)25(30)31)28-26(32)33-15-22-20-10-5-3-8-18(20)19-9-4-6-11-21(19)22/h3-6,8-11,16-17,22-23H,2,7,12-15H2,1H3,(H,27,29)(H,28,32)(H,30,31)/t16-,17+,23?/m1/s1. The number of ether oxygens (including phenoxy) is 1. The Morgan fingerprint density at radius 1 is 1.03 bits per heavy atom. The van der Waals surface area contributed by atoms with Crippen LogP contribution < -0.4 is 10.6 Å². The van der Waals surface area contributed by atoms with Crippen LogP contribution in [0.3, 0.4) is 0 Å². The molecule has 4 rings (SSSR count). The highest BCUT2D eigenvalue weighted by atomic mass is 16.5. The van der Waals surface area contributed by atoms with Gasteiger partial charge in [0.2, 0.25) is 5.91 Å². The molecule has 2 aromatic rings. The number of fused-ring (bicyclic) bond motifs is 3. The lowest BCUT2D eigenvalue weighted by atomic mass is 9.98. The Kier molecular flexibility index (Phi) is 6.96. The number of amides is 2. The minimum absolute atomic E-state index is 0.0481. The Bertz CT molecular complexity index is 991. The van der Waals surface area contributed by atoms with Crippen molar-refractivity contribution in [1.82, 2.24) is 10.6 Å². The maximum atomic E-state index is 12.8. The van der Waals surface area contributed by atoms with Crippen LogP contribution in [0.25, 0.3) is 11.1 Å². The molecule has 7 heteroatoms. The van der Waals surface area contributed by atoms with E-state index in [-0.39, 0.29) is 24.5 Å². The summed E-state index contributed by atoms with van der Waals surface area (Å²) in [6, 6.07) is 15.3. The van der Waals surface area contributed by atoms with E-state index in [0.717, 1.165) is 22.3 Å². The van der Waals surface area contributed by atoms with E-state index in [1.165, 1.54) is 0 Å². The number of aliphatic carboxylic acids is 1. The Morgan fingerprint density at radius 3 is 2.24 bits per heavy atom. The summed E-state index contributed by atoms with van der Waals surface area (Å²) in [4.78, 5) is 36.5. The number of hydrogen-bond donors (Lipinski definition) is 3. The van der Waals surface area contributed by atoms with E-state index in [9.17, 15) is 14.4 Å². The van der Waals surface area contributed by atoms with Crippen molar-refractivity contribution in [2.45, 2.75) is 57.0 Å². The molecule has 1 unspecified atom stereocenters. The summed E-state index contributed by atoms with van der Waals surface area (Å²) in [6.45, 7) is 2.12. The fraction of sp³-hybridized carbons (Fsp3) is 0.423. The second-order valence-corrected chi connectivity index (χ2v) is 8.86. The quantitative estimate of drug-likeness (QED) is 0.563. The van der Waals surface area contributed by atoms with Gasteiger partial charge in [0.05, 0.1) is 5.92 Å². The average Bonchev–Trinajstić information content (AvgIpc) is 3.40. The molecule has 3 N–H and O–H groups in total. The van der Waals surface area contributed by atoms with E-state index in [0.29, 0.717) is 32.1 Å². The molecule has 0 heterocycles. The molecular formula is C26H30N2O5. The van der Waals surface area contributed by atoms with Crippen LogP contribution >= 0.6 is 0 Å². The highest BCUT2D eigenvalue weighted by Gasteiger charge is 2.33. The zero-order valence-electron chi connectivity index (χ0n) is 18.8. The summed E-state index contributed by atoms with van der Waals surface area (Å²) in [5.74, 6) is -1.59. The van der Waals surface area contributed by atoms with Gasteiger partial charge < -0.3 is 20.5 Å². The maximum absolute atomic E-state index is 12.8. The molecule has 2 aliphatic carbocycles. The Labute approximate surface area is 193 Å².